The highest BCUT2D eigenvalue weighted by atomic mass is 79.9. The Kier molecular flexibility index (Phi) is 8.58. The third-order valence-electron chi connectivity index (χ3n) is 4.87. The highest BCUT2D eigenvalue weighted by Gasteiger charge is 2.16. The van der Waals surface area contributed by atoms with Crippen LogP contribution in [0.25, 0.3) is 6.08 Å². The molecule has 0 atom stereocenters. The minimum absolute atomic E-state index is 0.0869. The molecule has 0 aliphatic heterocycles. The van der Waals surface area contributed by atoms with Gasteiger partial charge in [-0.2, -0.15) is 5.26 Å². The van der Waals surface area contributed by atoms with Gasteiger partial charge in [0.25, 0.3) is 5.91 Å². The van der Waals surface area contributed by atoms with Gasteiger partial charge in [-0.3, -0.25) is 4.79 Å². The number of aryl methyl sites for hydroxylation is 1. The number of carbonyl (C=O) groups is 1. The topological polar surface area (TPSA) is 80.6 Å². The summed E-state index contributed by atoms with van der Waals surface area (Å²) in [5.74, 6) is 0.763. The highest BCUT2D eigenvalue weighted by Crippen LogP contribution is 2.36. The number of halogens is 2. The summed E-state index contributed by atoms with van der Waals surface area (Å²) in [7, 11) is 2.92. The van der Waals surface area contributed by atoms with E-state index in [-0.39, 0.29) is 5.57 Å². The maximum Gasteiger partial charge on any atom is 0.266 e. The van der Waals surface area contributed by atoms with E-state index >= 15 is 0 Å². The molecule has 8 heteroatoms. The normalized spacial score (nSPS) is 10.9. The minimum atomic E-state index is -0.596. The van der Waals surface area contributed by atoms with E-state index in [0.29, 0.717) is 44.6 Å². The SMILES string of the molecule is COc1cc(NC(=O)/C(C#N)=C/c2ccc(OCc3ccc(C)cc3)c(Br)c2)c(OC)cc1Cl. The van der Waals surface area contributed by atoms with Crippen molar-refractivity contribution in [1.82, 2.24) is 0 Å². The van der Waals surface area contributed by atoms with Gasteiger partial charge in [-0.1, -0.05) is 47.5 Å². The number of benzene rings is 3. The molecule has 0 spiro atoms. The summed E-state index contributed by atoms with van der Waals surface area (Å²) in [4.78, 5) is 12.8. The van der Waals surface area contributed by atoms with Crippen LogP contribution in [-0.2, 0) is 11.4 Å². The number of nitrogens with one attached hydrogen (secondary N) is 1. The van der Waals surface area contributed by atoms with Gasteiger partial charge in [-0.05, 0) is 52.2 Å². The summed E-state index contributed by atoms with van der Waals surface area (Å²) in [6, 6.07) is 18.4. The Morgan fingerprint density at radius 2 is 1.76 bits per heavy atom. The average Bonchev–Trinajstić information content (AvgIpc) is 2.83. The summed E-state index contributed by atoms with van der Waals surface area (Å²) in [5.41, 5.74) is 3.14. The third-order valence-corrected chi connectivity index (χ3v) is 5.78. The van der Waals surface area contributed by atoms with Crippen molar-refractivity contribution in [1.29, 1.82) is 5.26 Å². The Labute approximate surface area is 211 Å². The van der Waals surface area contributed by atoms with E-state index in [1.165, 1.54) is 38.0 Å². The van der Waals surface area contributed by atoms with Crippen LogP contribution in [0.2, 0.25) is 5.02 Å². The zero-order valence-corrected chi connectivity index (χ0v) is 21.2. The Bertz CT molecular complexity index is 1270. The Morgan fingerprint density at radius 3 is 2.38 bits per heavy atom. The molecule has 0 unspecified atom stereocenters. The lowest BCUT2D eigenvalue weighted by molar-refractivity contribution is -0.112. The van der Waals surface area contributed by atoms with E-state index < -0.39 is 5.91 Å². The van der Waals surface area contributed by atoms with Crippen LogP contribution in [0.1, 0.15) is 16.7 Å². The molecule has 1 amide bonds. The molecule has 3 rings (SSSR count). The van der Waals surface area contributed by atoms with Gasteiger partial charge in [-0.25, -0.2) is 0 Å². The number of methoxy groups -OCH3 is 2. The van der Waals surface area contributed by atoms with Gasteiger partial charge in [-0.15, -0.1) is 0 Å². The number of rotatable bonds is 8. The van der Waals surface area contributed by atoms with Crippen LogP contribution in [0.4, 0.5) is 5.69 Å². The summed E-state index contributed by atoms with van der Waals surface area (Å²) in [6.07, 6.45) is 1.49. The van der Waals surface area contributed by atoms with Gasteiger partial charge in [0.2, 0.25) is 0 Å². The van der Waals surface area contributed by atoms with Crippen LogP contribution < -0.4 is 19.5 Å². The van der Waals surface area contributed by atoms with Crippen LogP contribution in [0.3, 0.4) is 0 Å². The van der Waals surface area contributed by atoms with E-state index in [4.69, 9.17) is 25.8 Å². The van der Waals surface area contributed by atoms with Crippen molar-refractivity contribution in [2.75, 3.05) is 19.5 Å². The quantitative estimate of drug-likeness (QED) is 0.258. The first kappa shape index (κ1) is 25.2. The third kappa shape index (κ3) is 6.31. The van der Waals surface area contributed by atoms with Crippen molar-refractivity contribution in [2.45, 2.75) is 13.5 Å². The smallest absolute Gasteiger partial charge is 0.266 e. The molecule has 0 radical (unpaired) electrons. The number of carbonyl (C=O) groups excluding carboxylic acids is 1. The van der Waals surface area contributed by atoms with Crippen LogP contribution >= 0.6 is 27.5 Å². The number of anilines is 1. The van der Waals surface area contributed by atoms with Crippen LogP contribution in [0.15, 0.2) is 64.6 Å². The summed E-state index contributed by atoms with van der Waals surface area (Å²) in [5, 5.41) is 12.6. The molecule has 0 aromatic heterocycles. The fraction of sp³-hybridized carbons (Fsp3) is 0.154. The van der Waals surface area contributed by atoms with Crippen molar-refractivity contribution >= 4 is 45.2 Å². The zero-order valence-electron chi connectivity index (χ0n) is 18.8. The predicted octanol–water partition coefficient (Wildman–Crippen LogP) is 6.55. The molecule has 0 fully saturated rings. The van der Waals surface area contributed by atoms with E-state index in [0.717, 1.165) is 5.56 Å². The molecule has 6 nitrogen and oxygen atoms in total. The second kappa shape index (κ2) is 11.6. The first-order valence-electron chi connectivity index (χ1n) is 10.2. The molecule has 0 heterocycles. The van der Waals surface area contributed by atoms with Gasteiger partial charge in [0.05, 0.1) is 29.4 Å². The first-order chi connectivity index (χ1) is 16.3. The van der Waals surface area contributed by atoms with Gasteiger partial charge >= 0.3 is 0 Å². The number of hydrogen-bond donors (Lipinski definition) is 1. The number of nitrogens with zero attached hydrogens (tertiary/aromatic N) is 1. The van der Waals surface area contributed by atoms with E-state index in [1.54, 1.807) is 18.2 Å². The fourth-order valence-electron chi connectivity index (χ4n) is 3.03. The highest BCUT2D eigenvalue weighted by molar-refractivity contribution is 9.10. The molecule has 0 saturated heterocycles. The molecule has 0 aliphatic rings. The van der Waals surface area contributed by atoms with E-state index in [9.17, 15) is 10.1 Å². The monoisotopic (exact) mass is 540 g/mol. The molecule has 1 N–H and O–H groups in total. The van der Waals surface area contributed by atoms with Crippen LogP contribution in [0.5, 0.6) is 17.2 Å². The number of hydrogen-bond acceptors (Lipinski definition) is 5. The van der Waals surface area contributed by atoms with Gasteiger partial charge < -0.3 is 19.5 Å². The number of nitriles is 1. The first-order valence-corrected chi connectivity index (χ1v) is 11.3. The lowest BCUT2D eigenvalue weighted by atomic mass is 10.1. The molecule has 3 aromatic rings. The molecule has 3 aromatic carbocycles. The van der Waals surface area contributed by atoms with Crippen LogP contribution in [0, 0.1) is 18.3 Å². The molecule has 34 heavy (non-hydrogen) atoms. The average molecular weight is 542 g/mol. The summed E-state index contributed by atoms with van der Waals surface area (Å²) in [6.45, 7) is 2.46. The lowest BCUT2D eigenvalue weighted by Crippen LogP contribution is -2.14. The fourth-order valence-corrected chi connectivity index (χ4v) is 3.77. The minimum Gasteiger partial charge on any atom is -0.495 e. The van der Waals surface area contributed by atoms with Gasteiger partial charge in [0.15, 0.2) is 0 Å². The van der Waals surface area contributed by atoms with Gasteiger partial charge in [0, 0.05) is 12.1 Å². The van der Waals surface area contributed by atoms with Crippen molar-refractivity contribution in [3.63, 3.8) is 0 Å². The summed E-state index contributed by atoms with van der Waals surface area (Å²) >= 11 is 9.60. The van der Waals surface area contributed by atoms with Crippen molar-refractivity contribution in [2.24, 2.45) is 0 Å². The second-order valence-electron chi connectivity index (χ2n) is 7.28. The molecule has 0 bridgehead atoms. The Morgan fingerprint density at radius 1 is 1.06 bits per heavy atom. The van der Waals surface area contributed by atoms with Crippen molar-refractivity contribution in [3.8, 4) is 23.3 Å². The largest absolute Gasteiger partial charge is 0.495 e. The standard InChI is InChI=1S/C26H22BrClN2O4/c1-16-4-6-17(7-5-16)15-34-23-9-8-18(11-20(23)27)10-19(14-29)26(31)30-22-13-24(32-2)21(28)12-25(22)33-3/h4-13H,15H2,1-3H3,(H,30,31)/b19-10+. The molecule has 0 saturated carbocycles. The Hall–Kier alpha value is -3.47. The molecular weight excluding hydrogens is 520 g/mol. The second-order valence-corrected chi connectivity index (χ2v) is 8.54. The number of amides is 1. The maximum atomic E-state index is 12.8. The number of ether oxygens (including phenoxy) is 3. The van der Waals surface area contributed by atoms with Crippen molar-refractivity contribution in [3.05, 3.63) is 86.4 Å². The zero-order chi connectivity index (χ0) is 24.7. The van der Waals surface area contributed by atoms with E-state index in [1.807, 2.05) is 37.3 Å². The van der Waals surface area contributed by atoms with Crippen molar-refractivity contribution < 1.29 is 19.0 Å². The summed E-state index contributed by atoms with van der Waals surface area (Å²) < 4.78 is 17.0. The lowest BCUT2D eigenvalue weighted by Gasteiger charge is -2.13. The van der Waals surface area contributed by atoms with Crippen LogP contribution in [-0.4, -0.2) is 20.1 Å². The molecule has 174 valence electrons. The Balaban J connectivity index is 1.76. The molecule has 0 aliphatic carbocycles. The van der Waals surface area contributed by atoms with Gasteiger partial charge in [0.1, 0.15) is 35.5 Å². The molecular formula is C26H22BrClN2O4. The predicted molar refractivity (Wildman–Crippen MR) is 136 cm³/mol. The van der Waals surface area contributed by atoms with E-state index in [2.05, 4.69) is 21.2 Å². The maximum absolute atomic E-state index is 12.8.